The highest BCUT2D eigenvalue weighted by Gasteiger charge is 2.13. The Morgan fingerprint density at radius 1 is 1.28 bits per heavy atom. The molecule has 4 heteroatoms. The second-order valence-corrected chi connectivity index (χ2v) is 4.77. The quantitative estimate of drug-likeness (QED) is 0.843. The number of amides is 1. The Morgan fingerprint density at radius 2 is 1.94 bits per heavy atom. The molecule has 2 N–H and O–H groups in total. The molecule has 0 radical (unpaired) electrons. The lowest BCUT2D eigenvalue weighted by Gasteiger charge is -2.11. The van der Waals surface area contributed by atoms with Crippen molar-refractivity contribution in [1.82, 2.24) is 0 Å². The summed E-state index contributed by atoms with van der Waals surface area (Å²) in [6, 6.07) is 5.85. The molecule has 0 aromatic heterocycles. The van der Waals surface area contributed by atoms with Crippen LogP contribution in [0.25, 0.3) is 0 Å². The number of carbonyl (C=O) groups is 2. The summed E-state index contributed by atoms with van der Waals surface area (Å²) in [7, 11) is 0. The van der Waals surface area contributed by atoms with Gasteiger partial charge in [-0.1, -0.05) is 19.1 Å². The van der Waals surface area contributed by atoms with Crippen LogP contribution in [-0.4, -0.2) is 17.0 Å². The van der Waals surface area contributed by atoms with Crippen molar-refractivity contribution in [2.24, 2.45) is 5.92 Å². The molecule has 98 valence electrons. The van der Waals surface area contributed by atoms with Crippen LogP contribution in [0.15, 0.2) is 18.2 Å². The number of aryl methyl sites for hydroxylation is 2. The molecule has 0 saturated carbocycles. The van der Waals surface area contributed by atoms with Crippen molar-refractivity contribution < 1.29 is 14.7 Å². The van der Waals surface area contributed by atoms with E-state index in [4.69, 9.17) is 5.11 Å². The van der Waals surface area contributed by atoms with Crippen LogP contribution in [0.3, 0.4) is 0 Å². The molecule has 18 heavy (non-hydrogen) atoms. The van der Waals surface area contributed by atoms with Crippen LogP contribution in [0, 0.1) is 19.8 Å². The van der Waals surface area contributed by atoms with Crippen LogP contribution in [0.5, 0.6) is 0 Å². The Kier molecular flexibility index (Phi) is 4.89. The molecule has 4 nitrogen and oxygen atoms in total. The molecule has 1 atom stereocenters. The molecule has 1 amide bonds. The molecule has 0 heterocycles. The highest BCUT2D eigenvalue weighted by molar-refractivity contribution is 5.91. The topological polar surface area (TPSA) is 66.4 Å². The summed E-state index contributed by atoms with van der Waals surface area (Å²) in [6.45, 7) is 5.65. The summed E-state index contributed by atoms with van der Waals surface area (Å²) in [6.07, 6.45) is 0.236. The predicted octanol–water partition coefficient (Wildman–Crippen LogP) is 2.74. The van der Waals surface area contributed by atoms with Crippen molar-refractivity contribution in [3.63, 3.8) is 0 Å². The number of aliphatic carboxylic acids is 1. The van der Waals surface area contributed by atoms with E-state index in [2.05, 4.69) is 5.32 Å². The lowest BCUT2D eigenvalue weighted by atomic mass is 10.0. The summed E-state index contributed by atoms with van der Waals surface area (Å²) in [5, 5.41) is 11.5. The number of benzene rings is 1. The Balaban J connectivity index is 2.59. The molecule has 0 aliphatic carbocycles. The monoisotopic (exact) mass is 249 g/mol. The summed E-state index contributed by atoms with van der Waals surface area (Å²) in [4.78, 5) is 22.3. The molecule has 1 unspecified atom stereocenters. The van der Waals surface area contributed by atoms with Gasteiger partial charge in [-0.3, -0.25) is 9.59 Å². The summed E-state index contributed by atoms with van der Waals surface area (Å²) >= 11 is 0. The highest BCUT2D eigenvalue weighted by atomic mass is 16.4. The maximum absolute atomic E-state index is 11.8. The minimum absolute atomic E-state index is 0.0141. The van der Waals surface area contributed by atoms with E-state index in [1.165, 1.54) is 0 Å². The van der Waals surface area contributed by atoms with E-state index in [1.807, 2.05) is 32.0 Å². The lowest BCUT2D eigenvalue weighted by Crippen LogP contribution is -2.17. The van der Waals surface area contributed by atoms with Crippen molar-refractivity contribution in [2.75, 3.05) is 5.32 Å². The number of hydrogen-bond acceptors (Lipinski definition) is 2. The molecule has 0 aliphatic heterocycles. The molecular weight excluding hydrogens is 230 g/mol. The van der Waals surface area contributed by atoms with Crippen LogP contribution >= 0.6 is 0 Å². The van der Waals surface area contributed by atoms with E-state index in [0.717, 1.165) is 16.8 Å². The van der Waals surface area contributed by atoms with Crippen LogP contribution in [0.1, 0.15) is 30.9 Å². The van der Waals surface area contributed by atoms with Gasteiger partial charge in [-0.05, 0) is 37.0 Å². The zero-order chi connectivity index (χ0) is 13.7. The molecule has 1 rings (SSSR count). The van der Waals surface area contributed by atoms with E-state index < -0.39 is 5.97 Å². The second kappa shape index (κ2) is 6.19. The van der Waals surface area contributed by atoms with E-state index >= 15 is 0 Å². The average molecular weight is 249 g/mol. The Morgan fingerprint density at radius 3 is 2.56 bits per heavy atom. The van der Waals surface area contributed by atoms with Crippen LogP contribution in [0.2, 0.25) is 0 Å². The molecule has 1 aromatic carbocycles. The fourth-order valence-electron chi connectivity index (χ4n) is 1.76. The van der Waals surface area contributed by atoms with Crippen molar-refractivity contribution in [1.29, 1.82) is 0 Å². The fourth-order valence-corrected chi connectivity index (χ4v) is 1.76. The van der Waals surface area contributed by atoms with E-state index in [9.17, 15) is 9.59 Å². The van der Waals surface area contributed by atoms with E-state index in [1.54, 1.807) is 6.92 Å². The number of anilines is 1. The number of rotatable bonds is 5. The third-order valence-corrected chi connectivity index (χ3v) is 2.72. The normalized spacial score (nSPS) is 11.9. The zero-order valence-corrected chi connectivity index (χ0v) is 11.0. The van der Waals surface area contributed by atoms with Crippen molar-refractivity contribution >= 4 is 17.6 Å². The molecule has 0 saturated heterocycles. The standard InChI is InChI=1S/C14H19NO3/c1-9-4-5-11(3)12(6-9)15-13(16)7-10(2)8-14(17)18/h4-6,10H,7-8H2,1-3H3,(H,15,16)(H,17,18). The predicted molar refractivity (Wildman–Crippen MR) is 70.6 cm³/mol. The number of carbonyl (C=O) groups excluding carboxylic acids is 1. The lowest BCUT2D eigenvalue weighted by molar-refractivity contribution is -0.138. The van der Waals surface area contributed by atoms with Gasteiger partial charge >= 0.3 is 5.97 Å². The Labute approximate surface area is 107 Å². The molecular formula is C14H19NO3. The first-order valence-corrected chi connectivity index (χ1v) is 5.97. The molecule has 0 fully saturated rings. The largest absolute Gasteiger partial charge is 0.481 e. The average Bonchev–Trinajstić information content (AvgIpc) is 2.21. The first-order valence-electron chi connectivity index (χ1n) is 5.97. The van der Waals surface area contributed by atoms with Crippen LogP contribution in [0.4, 0.5) is 5.69 Å². The van der Waals surface area contributed by atoms with E-state index in [0.29, 0.717) is 0 Å². The van der Waals surface area contributed by atoms with E-state index in [-0.39, 0.29) is 24.7 Å². The number of carboxylic acids is 1. The van der Waals surface area contributed by atoms with Crippen LogP contribution < -0.4 is 5.32 Å². The first-order chi connectivity index (χ1) is 8.38. The Hall–Kier alpha value is -1.84. The number of nitrogens with one attached hydrogen (secondary N) is 1. The van der Waals surface area contributed by atoms with Crippen molar-refractivity contribution in [3.8, 4) is 0 Å². The van der Waals surface area contributed by atoms with Gasteiger partial charge in [0.05, 0.1) is 0 Å². The van der Waals surface area contributed by atoms with Gasteiger partial charge in [-0.25, -0.2) is 0 Å². The van der Waals surface area contributed by atoms with Gasteiger partial charge in [-0.2, -0.15) is 0 Å². The maximum atomic E-state index is 11.8. The van der Waals surface area contributed by atoms with Gasteiger partial charge < -0.3 is 10.4 Å². The maximum Gasteiger partial charge on any atom is 0.303 e. The van der Waals surface area contributed by atoms with Gasteiger partial charge in [0.25, 0.3) is 0 Å². The van der Waals surface area contributed by atoms with Gasteiger partial charge in [0, 0.05) is 18.5 Å². The van der Waals surface area contributed by atoms with Crippen LogP contribution in [-0.2, 0) is 9.59 Å². The number of carboxylic acid groups (broad SMARTS) is 1. The van der Waals surface area contributed by atoms with Gasteiger partial charge in [0.15, 0.2) is 0 Å². The summed E-state index contributed by atoms with van der Waals surface area (Å²) in [5.74, 6) is -1.17. The minimum atomic E-state index is -0.873. The summed E-state index contributed by atoms with van der Waals surface area (Å²) < 4.78 is 0. The molecule has 1 aromatic rings. The third-order valence-electron chi connectivity index (χ3n) is 2.72. The first kappa shape index (κ1) is 14.2. The summed E-state index contributed by atoms with van der Waals surface area (Å²) in [5.41, 5.74) is 2.87. The Bertz CT molecular complexity index is 454. The van der Waals surface area contributed by atoms with Gasteiger partial charge in [0.1, 0.15) is 0 Å². The van der Waals surface area contributed by atoms with Crippen molar-refractivity contribution in [2.45, 2.75) is 33.6 Å². The zero-order valence-electron chi connectivity index (χ0n) is 11.0. The molecule has 0 spiro atoms. The van der Waals surface area contributed by atoms with Gasteiger partial charge in [0.2, 0.25) is 5.91 Å². The molecule has 0 aliphatic rings. The van der Waals surface area contributed by atoms with Gasteiger partial charge in [-0.15, -0.1) is 0 Å². The third kappa shape index (κ3) is 4.57. The fraction of sp³-hybridized carbons (Fsp3) is 0.429. The second-order valence-electron chi connectivity index (χ2n) is 4.77. The SMILES string of the molecule is Cc1ccc(C)c(NC(=O)CC(C)CC(=O)O)c1. The molecule has 0 bridgehead atoms. The minimum Gasteiger partial charge on any atom is -0.481 e. The smallest absolute Gasteiger partial charge is 0.303 e. The highest BCUT2D eigenvalue weighted by Crippen LogP contribution is 2.17. The number of hydrogen-bond donors (Lipinski definition) is 2. The van der Waals surface area contributed by atoms with Crippen molar-refractivity contribution in [3.05, 3.63) is 29.3 Å².